The lowest BCUT2D eigenvalue weighted by atomic mass is 10.0. The monoisotopic (exact) mass is 268 g/mol. The average molecular weight is 268 g/mol. The lowest BCUT2D eigenvalue weighted by Crippen LogP contribution is -2.42. The number of anilines is 2. The SMILES string of the molecule is COC1CCN(c2cc(N)c(C(C)=O)s2)C(C)C1. The van der Waals surface area contributed by atoms with Crippen molar-refractivity contribution in [1.29, 1.82) is 0 Å². The number of hydrogen-bond donors (Lipinski definition) is 1. The van der Waals surface area contributed by atoms with Gasteiger partial charge < -0.3 is 15.4 Å². The molecule has 1 aromatic rings. The minimum Gasteiger partial charge on any atom is -0.397 e. The number of Topliss-reactive ketones (excluding diaryl/α,β-unsaturated/α-hetero) is 1. The summed E-state index contributed by atoms with van der Waals surface area (Å²) in [6, 6.07) is 2.34. The van der Waals surface area contributed by atoms with Crippen LogP contribution in [-0.2, 0) is 4.74 Å². The third kappa shape index (κ3) is 2.52. The molecule has 100 valence electrons. The number of carbonyl (C=O) groups is 1. The van der Waals surface area contributed by atoms with Gasteiger partial charge in [0.25, 0.3) is 0 Å². The molecule has 4 nitrogen and oxygen atoms in total. The van der Waals surface area contributed by atoms with Crippen LogP contribution in [0.5, 0.6) is 0 Å². The summed E-state index contributed by atoms with van der Waals surface area (Å²) in [6.07, 6.45) is 2.39. The maximum Gasteiger partial charge on any atom is 0.171 e. The van der Waals surface area contributed by atoms with E-state index in [0.717, 1.165) is 24.4 Å². The Kier molecular flexibility index (Phi) is 3.92. The molecule has 0 radical (unpaired) electrons. The number of ketones is 1. The van der Waals surface area contributed by atoms with Crippen molar-refractivity contribution in [2.24, 2.45) is 0 Å². The zero-order valence-corrected chi connectivity index (χ0v) is 11.9. The number of rotatable bonds is 3. The van der Waals surface area contributed by atoms with Gasteiger partial charge in [0.05, 0.1) is 21.7 Å². The van der Waals surface area contributed by atoms with Crippen LogP contribution in [-0.4, -0.2) is 31.6 Å². The van der Waals surface area contributed by atoms with Crippen molar-refractivity contribution in [1.82, 2.24) is 0 Å². The smallest absolute Gasteiger partial charge is 0.171 e. The van der Waals surface area contributed by atoms with Gasteiger partial charge in [-0.1, -0.05) is 0 Å². The number of methoxy groups -OCH3 is 1. The number of carbonyl (C=O) groups excluding carboxylic acids is 1. The van der Waals surface area contributed by atoms with Crippen LogP contribution in [0.25, 0.3) is 0 Å². The molecule has 2 unspecified atom stereocenters. The molecule has 2 heterocycles. The zero-order valence-electron chi connectivity index (χ0n) is 11.1. The van der Waals surface area contributed by atoms with Crippen LogP contribution in [0.1, 0.15) is 36.4 Å². The van der Waals surface area contributed by atoms with E-state index in [2.05, 4.69) is 11.8 Å². The topological polar surface area (TPSA) is 55.6 Å². The molecule has 0 aliphatic carbocycles. The number of ether oxygens (including phenoxy) is 1. The van der Waals surface area contributed by atoms with Crippen molar-refractivity contribution in [3.05, 3.63) is 10.9 Å². The Labute approximate surface area is 112 Å². The summed E-state index contributed by atoms with van der Waals surface area (Å²) in [6.45, 7) is 4.71. The van der Waals surface area contributed by atoms with Gasteiger partial charge in [-0.05, 0) is 25.8 Å². The fraction of sp³-hybridized carbons (Fsp3) is 0.615. The normalized spacial score (nSPS) is 24.3. The first-order valence-corrected chi connectivity index (χ1v) is 7.04. The molecule has 1 saturated heterocycles. The zero-order chi connectivity index (χ0) is 13.3. The van der Waals surface area contributed by atoms with Crippen molar-refractivity contribution in [2.75, 3.05) is 24.3 Å². The van der Waals surface area contributed by atoms with Crippen LogP contribution in [0.3, 0.4) is 0 Å². The molecule has 2 N–H and O–H groups in total. The first-order valence-electron chi connectivity index (χ1n) is 6.22. The average Bonchev–Trinajstić information content (AvgIpc) is 2.71. The van der Waals surface area contributed by atoms with E-state index in [1.165, 1.54) is 11.3 Å². The Morgan fingerprint density at radius 1 is 1.61 bits per heavy atom. The van der Waals surface area contributed by atoms with Gasteiger partial charge in [-0.15, -0.1) is 11.3 Å². The van der Waals surface area contributed by atoms with Crippen LogP contribution >= 0.6 is 11.3 Å². The van der Waals surface area contributed by atoms with Crippen molar-refractivity contribution in [3.63, 3.8) is 0 Å². The number of nitrogens with two attached hydrogens (primary N) is 1. The van der Waals surface area contributed by atoms with E-state index >= 15 is 0 Å². The molecular weight excluding hydrogens is 248 g/mol. The van der Waals surface area contributed by atoms with Gasteiger partial charge in [-0.3, -0.25) is 4.79 Å². The van der Waals surface area contributed by atoms with E-state index in [1.807, 2.05) is 6.07 Å². The van der Waals surface area contributed by atoms with Crippen molar-refractivity contribution in [3.8, 4) is 0 Å². The lowest BCUT2D eigenvalue weighted by Gasteiger charge is -2.37. The second kappa shape index (κ2) is 5.28. The fourth-order valence-corrected chi connectivity index (χ4v) is 3.58. The van der Waals surface area contributed by atoms with E-state index in [0.29, 0.717) is 22.7 Å². The number of piperidine rings is 1. The molecule has 0 bridgehead atoms. The second-order valence-corrected chi connectivity index (χ2v) is 5.88. The molecule has 0 saturated carbocycles. The molecular formula is C13H20N2O2S. The molecule has 2 rings (SSSR count). The first kappa shape index (κ1) is 13.4. The quantitative estimate of drug-likeness (QED) is 0.856. The van der Waals surface area contributed by atoms with Crippen LogP contribution in [0.15, 0.2) is 6.07 Å². The maximum atomic E-state index is 11.4. The maximum absolute atomic E-state index is 11.4. The van der Waals surface area contributed by atoms with Crippen LogP contribution < -0.4 is 10.6 Å². The number of nitrogen functional groups attached to an aromatic ring is 1. The summed E-state index contributed by atoms with van der Waals surface area (Å²) in [5, 5.41) is 1.10. The van der Waals surface area contributed by atoms with E-state index in [1.54, 1.807) is 14.0 Å². The highest BCUT2D eigenvalue weighted by Gasteiger charge is 2.27. The third-order valence-electron chi connectivity index (χ3n) is 3.51. The summed E-state index contributed by atoms with van der Waals surface area (Å²) in [5.74, 6) is 0.0446. The minimum atomic E-state index is 0.0446. The molecule has 1 fully saturated rings. The Hall–Kier alpha value is -1.07. The highest BCUT2D eigenvalue weighted by atomic mass is 32.1. The Morgan fingerprint density at radius 3 is 2.83 bits per heavy atom. The largest absolute Gasteiger partial charge is 0.397 e. The summed E-state index contributed by atoms with van der Waals surface area (Å²) in [4.78, 5) is 14.4. The number of nitrogens with zero attached hydrogens (tertiary/aromatic N) is 1. The van der Waals surface area contributed by atoms with Crippen LogP contribution in [0.4, 0.5) is 10.7 Å². The Balaban J connectivity index is 2.17. The van der Waals surface area contributed by atoms with Crippen molar-refractivity contribution < 1.29 is 9.53 Å². The second-order valence-electron chi connectivity index (χ2n) is 4.85. The van der Waals surface area contributed by atoms with Crippen molar-refractivity contribution >= 4 is 27.8 Å². The highest BCUT2D eigenvalue weighted by molar-refractivity contribution is 7.18. The van der Waals surface area contributed by atoms with Gasteiger partial charge in [-0.25, -0.2) is 0 Å². The van der Waals surface area contributed by atoms with E-state index in [4.69, 9.17) is 10.5 Å². The van der Waals surface area contributed by atoms with Gasteiger partial charge in [-0.2, -0.15) is 0 Å². The predicted octanol–water partition coefficient (Wildman–Crippen LogP) is 2.54. The first-order chi connectivity index (χ1) is 8.52. The van der Waals surface area contributed by atoms with Crippen LogP contribution in [0, 0.1) is 0 Å². The van der Waals surface area contributed by atoms with E-state index in [-0.39, 0.29) is 5.78 Å². The Morgan fingerprint density at radius 2 is 2.33 bits per heavy atom. The van der Waals surface area contributed by atoms with Gasteiger partial charge in [0.15, 0.2) is 5.78 Å². The molecule has 1 aliphatic rings. The molecule has 0 aromatic carbocycles. The molecule has 18 heavy (non-hydrogen) atoms. The molecule has 1 aliphatic heterocycles. The van der Waals surface area contributed by atoms with Crippen LogP contribution in [0.2, 0.25) is 0 Å². The number of thiophene rings is 1. The standard InChI is InChI=1S/C13H20N2O2S/c1-8-6-10(17-3)4-5-15(8)12-7-11(14)13(18-12)9(2)16/h7-8,10H,4-6,14H2,1-3H3. The summed E-state index contributed by atoms with van der Waals surface area (Å²) >= 11 is 1.50. The Bertz CT molecular complexity index is 444. The predicted molar refractivity (Wildman–Crippen MR) is 75.6 cm³/mol. The summed E-state index contributed by atoms with van der Waals surface area (Å²) < 4.78 is 5.41. The molecule has 0 amide bonds. The minimum absolute atomic E-state index is 0.0446. The van der Waals surface area contributed by atoms with Gasteiger partial charge in [0.1, 0.15) is 0 Å². The molecule has 5 heteroatoms. The summed E-state index contributed by atoms with van der Waals surface area (Å²) in [7, 11) is 1.77. The highest BCUT2D eigenvalue weighted by Crippen LogP contribution is 2.36. The lowest BCUT2D eigenvalue weighted by molar-refractivity contribution is 0.0722. The summed E-state index contributed by atoms with van der Waals surface area (Å²) in [5.41, 5.74) is 6.49. The third-order valence-corrected chi connectivity index (χ3v) is 4.80. The van der Waals surface area contributed by atoms with Gasteiger partial charge in [0, 0.05) is 26.6 Å². The molecule has 1 aromatic heterocycles. The van der Waals surface area contributed by atoms with Gasteiger partial charge in [0.2, 0.25) is 0 Å². The van der Waals surface area contributed by atoms with E-state index in [9.17, 15) is 4.79 Å². The van der Waals surface area contributed by atoms with Gasteiger partial charge >= 0.3 is 0 Å². The van der Waals surface area contributed by atoms with E-state index < -0.39 is 0 Å². The molecule has 0 spiro atoms. The number of hydrogen-bond acceptors (Lipinski definition) is 5. The fourth-order valence-electron chi connectivity index (χ4n) is 2.48. The molecule has 2 atom stereocenters. The van der Waals surface area contributed by atoms with Crippen molar-refractivity contribution in [2.45, 2.75) is 38.8 Å².